The molecule has 0 aromatic heterocycles. The lowest BCUT2D eigenvalue weighted by atomic mass is 10.2. The van der Waals surface area contributed by atoms with E-state index in [4.69, 9.17) is 0 Å². The standard InChI is InChI=1S/C42H68N8/c1-2-12-39(11-1)35-43-19-27-47-23-9-24-49(29-21-45-37-41-15-5-6-16-41)33-34-50(30-22-46-38-42-17-7-8-18-42)26-10-25-48(32-31-47)28-20-44-36-40-13-3-4-14-40/h1-8,11-18,39-46H,9-10,19-38H2. The maximum atomic E-state index is 3.74. The maximum Gasteiger partial charge on any atom is 0.0110 e. The molecule has 1 fully saturated rings. The molecule has 1 saturated heterocycles. The number of nitrogens with one attached hydrogen (secondary N) is 4. The first-order chi connectivity index (χ1) is 24.8. The largest absolute Gasteiger partial charge is 0.315 e. The molecule has 4 N–H and O–H groups in total. The Hall–Kier alpha value is -2.40. The van der Waals surface area contributed by atoms with E-state index in [1.54, 1.807) is 0 Å². The first-order valence-electron chi connectivity index (χ1n) is 19.9. The second kappa shape index (κ2) is 24.0. The third-order valence-corrected chi connectivity index (χ3v) is 10.6. The van der Waals surface area contributed by atoms with Crippen molar-refractivity contribution in [1.82, 2.24) is 40.9 Å². The van der Waals surface area contributed by atoms with Gasteiger partial charge in [0.2, 0.25) is 0 Å². The van der Waals surface area contributed by atoms with Crippen molar-refractivity contribution in [1.29, 1.82) is 0 Å². The molecule has 5 rings (SSSR count). The summed E-state index contributed by atoms with van der Waals surface area (Å²) < 4.78 is 0. The summed E-state index contributed by atoms with van der Waals surface area (Å²) in [7, 11) is 0. The molecule has 50 heavy (non-hydrogen) atoms. The zero-order valence-electron chi connectivity index (χ0n) is 30.9. The van der Waals surface area contributed by atoms with Gasteiger partial charge in [0.15, 0.2) is 0 Å². The van der Waals surface area contributed by atoms with Gasteiger partial charge in [-0.2, -0.15) is 0 Å². The van der Waals surface area contributed by atoms with E-state index in [0.29, 0.717) is 23.7 Å². The number of hydrogen-bond donors (Lipinski definition) is 4. The lowest BCUT2D eigenvalue weighted by molar-refractivity contribution is 0.159. The van der Waals surface area contributed by atoms with Crippen LogP contribution in [0.2, 0.25) is 0 Å². The van der Waals surface area contributed by atoms with E-state index in [1.165, 1.54) is 12.8 Å². The van der Waals surface area contributed by atoms with E-state index in [2.05, 4.69) is 138 Å². The van der Waals surface area contributed by atoms with Crippen LogP contribution in [0.25, 0.3) is 0 Å². The van der Waals surface area contributed by atoms with Crippen LogP contribution >= 0.6 is 0 Å². The minimum absolute atomic E-state index is 0.548. The Morgan fingerprint density at radius 2 is 0.540 bits per heavy atom. The molecule has 0 atom stereocenters. The highest BCUT2D eigenvalue weighted by atomic mass is 15.2. The van der Waals surface area contributed by atoms with Crippen molar-refractivity contribution in [2.45, 2.75) is 12.8 Å². The van der Waals surface area contributed by atoms with Gasteiger partial charge in [0.05, 0.1) is 0 Å². The van der Waals surface area contributed by atoms with Crippen LogP contribution in [0, 0.1) is 23.7 Å². The number of allylic oxidation sites excluding steroid dienone is 8. The van der Waals surface area contributed by atoms with Crippen LogP contribution in [0.15, 0.2) is 97.2 Å². The highest BCUT2D eigenvalue weighted by Crippen LogP contribution is 2.10. The Kier molecular flexibility index (Phi) is 18.6. The molecular formula is C42H68N8. The predicted molar refractivity (Wildman–Crippen MR) is 214 cm³/mol. The fourth-order valence-electron chi connectivity index (χ4n) is 7.42. The summed E-state index contributed by atoms with van der Waals surface area (Å²) in [6.07, 6.45) is 38.2. The zero-order chi connectivity index (χ0) is 34.3. The van der Waals surface area contributed by atoms with Gasteiger partial charge in [-0.25, -0.2) is 0 Å². The van der Waals surface area contributed by atoms with Gasteiger partial charge in [0.25, 0.3) is 0 Å². The molecule has 0 radical (unpaired) electrons. The van der Waals surface area contributed by atoms with E-state index in [-0.39, 0.29) is 0 Å². The molecule has 5 aliphatic rings. The van der Waals surface area contributed by atoms with Gasteiger partial charge in [-0.1, -0.05) is 97.2 Å². The van der Waals surface area contributed by atoms with Gasteiger partial charge < -0.3 is 40.9 Å². The summed E-state index contributed by atoms with van der Waals surface area (Å²) in [5.41, 5.74) is 0. The Morgan fingerprint density at radius 1 is 0.320 bits per heavy atom. The highest BCUT2D eigenvalue weighted by molar-refractivity contribution is 5.19. The molecule has 0 bridgehead atoms. The topological polar surface area (TPSA) is 61.1 Å². The molecule has 0 amide bonds. The minimum atomic E-state index is 0.548. The monoisotopic (exact) mass is 685 g/mol. The molecule has 4 aliphatic carbocycles. The Labute approximate surface area is 304 Å². The molecule has 0 saturated carbocycles. The molecule has 8 heteroatoms. The van der Waals surface area contributed by atoms with Crippen molar-refractivity contribution in [3.8, 4) is 0 Å². The maximum absolute atomic E-state index is 3.74. The second-order valence-corrected chi connectivity index (χ2v) is 14.6. The van der Waals surface area contributed by atoms with Crippen LogP contribution in [0.3, 0.4) is 0 Å². The van der Waals surface area contributed by atoms with Crippen molar-refractivity contribution in [3.05, 3.63) is 97.2 Å². The lowest BCUT2D eigenvalue weighted by Crippen LogP contribution is -2.45. The van der Waals surface area contributed by atoms with Crippen LogP contribution in [0.1, 0.15) is 12.8 Å². The van der Waals surface area contributed by atoms with Crippen LogP contribution in [-0.4, -0.2) is 150 Å². The average Bonchev–Trinajstić information content (AvgIpc) is 3.98. The predicted octanol–water partition coefficient (Wildman–Crippen LogP) is 3.32. The molecule has 276 valence electrons. The van der Waals surface area contributed by atoms with Gasteiger partial charge in [-0.3, -0.25) is 0 Å². The SMILES string of the molecule is C1=CC(CNCCN2CCCN(CCNCC3C=CC=C3)CCN(CCNCC3C=CC=C3)CCCN(CCNCC3C=CC=C3)CC2)C=C1. The van der Waals surface area contributed by atoms with Crippen molar-refractivity contribution < 1.29 is 0 Å². The fourth-order valence-corrected chi connectivity index (χ4v) is 7.42. The summed E-state index contributed by atoms with van der Waals surface area (Å²) in [6.45, 7) is 22.0. The zero-order valence-corrected chi connectivity index (χ0v) is 30.9. The van der Waals surface area contributed by atoms with Crippen molar-refractivity contribution in [3.63, 3.8) is 0 Å². The Balaban J connectivity index is 1.13. The highest BCUT2D eigenvalue weighted by Gasteiger charge is 2.16. The minimum Gasteiger partial charge on any atom is -0.315 e. The van der Waals surface area contributed by atoms with Crippen LogP contribution < -0.4 is 21.3 Å². The normalized spacial score (nSPS) is 22.4. The Morgan fingerprint density at radius 3 is 0.760 bits per heavy atom. The molecule has 8 nitrogen and oxygen atoms in total. The van der Waals surface area contributed by atoms with Gasteiger partial charge in [0.1, 0.15) is 0 Å². The molecule has 0 aromatic rings. The fraction of sp³-hybridized carbons (Fsp3) is 0.619. The summed E-state index contributed by atoms with van der Waals surface area (Å²) >= 11 is 0. The third-order valence-electron chi connectivity index (χ3n) is 10.6. The summed E-state index contributed by atoms with van der Waals surface area (Å²) in [4.78, 5) is 10.9. The van der Waals surface area contributed by atoms with Crippen LogP contribution in [-0.2, 0) is 0 Å². The van der Waals surface area contributed by atoms with E-state index in [0.717, 1.165) is 131 Å². The summed E-state index contributed by atoms with van der Waals surface area (Å²) in [5.74, 6) is 2.19. The van der Waals surface area contributed by atoms with Crippen molar-refractivity contribution in [2.75, 3.05) is 131 Å². The molecule has 1 heterocycles. The van der Waals surface area contributed by atoms with Gasteiger partial charge in [0, 0.05) is 128 Å². The number of rotatable bonds is 20. The van der Waals surface area contributed by atoms with E-state index in [9.17, 15) is 0 Å². The molecule has 0 aromatic carbocycles. The second-order valence-electron chi connectivity index (χ2n) is 14.6. The average molecular weight is 685 g/mol. The molecule has 0 spiro atoms. The molecular weight excluding hydrogens is 617 g/mol. The van der Waals surface area contributed by atoms with Crippen LogP contribution in [0.4, 0.5) is 0 Å². The van der Waals surface area contributed by atoms with Gasteiger partial charge in [-0.05, 0) is 39.0 Å². The Bertz CT molecular complexity index is 942. The first-order valence-corrected chi connectivity index (χ1v) is 19.9. The van der Waals surface area contributed by atoms with Gasteiger partial charge >= 0.3 is 0 Å². The van der Waals surface area contributed by atoms with Gasteiger partial charge in [-0.15, -0.1) is 0 Å². The third kappa shape index (κ3) is 15.9. The first kappa shape index (κ1) is 38.8. The van der Waals surface area contributed by atoms with Crippen LogP contribution in [0.5, 0.6) is 0 Å². The molecule has 1 aliphatic heterocycles. The quantitative estimate of drug-likeness (QED) is 0.146. The summed E-state index contributed by atoms with van der Waals surface area (Å²) in [5, 5.41) is 15.0. The van der Waals surface area contributed by atoms with E-state index >= 15 is 0 Å². The van der Waals surface area contributed by atoms with E-state index in [1.807, 2.05) is 0 Å². The van der Waals surface area contributed by atoms with E-state index < -0.39 is 0 Å². The summed E-state index contributed by atoms with van der Waals surface area (Å²) in [6, 6.07) is 0. The smallest absolute Gasteiger partial charge is 0.0110 e. The number of hydrogen-bond acceptors (Lipinski definition) is 8. The molecule has 0 unspecified atom stereocenters. The lowest BCUT2D eigenvalue weighted by Gasteiger charge is -2.32. The number of nitrogens with zero attached hydrogens (tertiary/aromatic N) is 4. The van der Waals surface area contributed by atoms with Crippen molar-refractivity contribution in [2.24, 2.45) is 23.7 Å². The van der Waals surface area contributed by atoms with Crippen molar-refractivity contribution >= 4 is 0 Å².